The fourth-order valence-electron chi connectivity index (χ4n) is 2.36. The highest BCUT2D eigenvalue weighted by Gasteiger charge is 2.17. The van der Waals surface area contributed by atoms with Gasteiger partial charge in [0.2, 0.25) is 5.91 Å². The lowest BCUT2D eigenvalue weighted by Gasteiger charge is -2.22. The van der Waals surface area contributed by atoms with Crippen molar-refractivity contribution < 1.29 is 4.79 Å². The van der Waals surface area contributed by atoms with E-state index in [0.717, 1.165) is 11.4 Å². The second-order valence-corrected chi connectivity index (χ2v) is 6.40. The molecule has 4 heteroatoms. The topological polar surface area (TPSA) is 46.3 Å². The average molecular weight is 278 g/mol. The predicted molar refractivity (Wildman–Crippen MR) is 83.6 cm³/mol. The number of carbonyl (C=O) groups excluding carboxylic acids is 1. The largest absolute Gasteiger partial charge is 0.399 e. The summed E-state index contributed by atoms with van der Waals surface area (Å²) in [5.41, 5.74) is 7.28. The minimum atomic E-state index is 0.167. The van der Waals surface area contributed by atoms with Crippen LogP contribution in [0.1, 0.15) is 32.1 Å². The van der Waals surface area contributed by atoms with Crippen molar-refractivity contribution in [3.05, 3.63) is 24.3 Å². The quantitative estimate of drug-likeness (QED) is 0.860. The third-order valence-corrected chi connectivity index (χ3v) is 5.01. The molecule has 0 spiro atoms. The second-order valence-electron chi connectivity index (χ2n) is 5.12. The first-order valence-electron chi connectivity index (χ1n) is 6.90. The standard InChI is InChI=1S/C15H22N2OS/c1-17(13-9-7-12(16)8-10-13)15(18)11-19-14-5-3-2-4-6-14/h7-10,14H,2-6,11,16H2,1H3. The third kappa shape index (κ3) is 4.16. The molecule has 0 saturated heterocycles. The Hall–Kier alpha value is -1.16. The Morgan fingerprint density at radius 3 is 2.53 bits per heavy atom. The number of nitrogens with two attached hydrogens (primary N) is 1. The SMILES string of the molecule is CN(C(=O)CSC1CCCCC1)c1ccc(N)cc1. The molecule has 0 aromatic heterocycles. The zero-order valence-electron chi connectivity index (χ0n) is 11.5. The number of hydrogen-bond donors (Lipinski definition) is 1. The third-order valence-electron chi connectivity index (χ3n) is 3.65. The van der Waals surface area contributed by atoms with Gasteiger partial charge in [0.05, 0.1) is 5.75 Å². The van der Waals surface area contributed by atoms with Crippen LogP contribution in [0.25, 0.3) is 0 Å². The fraction of sp³-hybridized carbons (Fsp3) is 0.533. The molecule has 1 amide bonds. The van der Waals surface area contributed by atoms with Gasteiger partial charge in [0.15, 0.2) is 0 Å². The van der Waals surface area contributed by atoms with Crippen LogP contribution in [0.4, 0.5) is 11.4 Å². The first-order valence-corrected chi connectivity index (χ1v) is 7.95. The Balaban J connectivity index is 1.83. The molecule has 1 aromatic rings. The van der Waals surface area contributed by atoms with E-state index in [-0.39, 0.29) is 5.91 Å². The minimum Gasteiger partial charge on any atom is -0.399 e. The Labute approximate surface area is 119 Å². The maximum atomic E-state index is 12.1. The number of rotatable bonds is 4. The van der Waals surface area contributed by atoms with Crippen molar-refractivity contribution >= 4 is 29.0 Å². The molecule has 0 bridgehead atoms. The Morgan fingerprint density at radius 2 is 1.89 bits per heavy atom. The lowest BCUT2D eigenvalue weighted by atomic mass is 10.0. The predicted octanol–water partition coefficient (Wildman–Crippen LogP) is 3.30. The zero-order chi connectivity index (χ0) is 13.7. The summed E-state index contributed by atoms with van der Waals surface area (Å²) in [7, 11) is 1.83. The molecule has 2 rings (SSSR count). The molecule has 0 unspecified atom stereocenters. The highest BCUT2D eigenvalue weighted by atomic mass is 32.2. The number of hydrogen-bond acceptors (Lipinski definition) is 3. The molecule has 1 aliphatic carbocycles. The Bertz CT molecular complexity index is 413. The van der Waals surface area contributed by atoms with Crippen LogP contribution in [0.2, 0.25) is 0 Å². The van der Waals surface area contributed by atoms with Crippen molar-refractivity contribution in [2.75, 3.05) is 23.4 Å². The molecule has 0 aliphatic heterocycles. The Kier molecular flexibility index (Phi) is 5.14. The number of nitrogens with zero attached hydrogens (tertiary/aromatic N) is 1. The molecule has 0 heterocycles. The van der Waals surface area contributed by atoms with E-state index in [2.05, 4.69) is 0 Å². The van der Waals surface area contributed by atoms with Crippen LogP contribution in [-0.4, -0.2) is 24.0 Å². The van der Waals surface area contributed by atoms with Gasteiger partial charge < -0.3 is 10.6 Å². The van der Waals surface area contributed by atoms with Gasteiger partial charge in [0.25, 0.3) is 0 Å². The number of benzene rings is 1. The summed E-state index contributed by atoms with van der Waals surface area (Å²) in [5.74, 6) is 0.742. The molecule has 2 N–H and O–H groups in total. The van der Waals surface area contributed by atoms with Crippen molar-refractivity contribution in [3.63, 3.8) is 0 Å². The van der Waals surface area contributed by atoms with E-state index in [1.54, 1.807) is 4.90 Å². The highest BCUT2D eigenvalue weighted by Crippen LogP contribution is 2.28. The summed E-state index contributed by atoms with van der Waals surface area (Å²) in [4.78, 5) is 13.9. The van der Waals surface area contributed by atoms with Crippen molar-refractivity contribution in [2.45, 2.75) is 37.4 Å². The summed E-state index contributed by atoms with van der Waals surface area (Å²) in [6.07, 6.45) is 6.53. The lowest BCUT2D eigenvalue weighted by molar-refractivity contribution is -0.115. The van der Waals surface area contributed by atoms with Crippen molar-refractivity contribution in [2.24, 2.45) is 0 Å². The van der Waals surface area contributed by atoms with E-state index < -0.39 is 0 Å². The molecule has 1 fully saturated rings. The first-order chi connectivity index (χ1) is 9.16. The zero-order valence-corrected chi connectivity index (χ0v) is 12.3. The normalized spacial score (nSPS) is 16.3. The molecule has 0 atom stereocenters. The van der Waals surface area contributed by atoms with Gasteiger partial charge in [-0.3, -0.25) is 4.79 Å². The van der Waals surface area contributed by atoms with Crippen LogP contribution in [0, 0.1) is 0 Å². The van der Waals surface area contributed by atoms with Crippen LogP contribution in [0.5, 0.6) is 0 Å². The number of anilines is 2. The summed E-state index contributed by atoms with van der Waals surface area (Å²) in [5, 5.41) is 0.678. The number of nitrogen functional groups attached to an aromatic ring is 1. The highest BCUT2D eigenvalue weighted by molar-refractivity contribution is 8.00. The van der Waals surface area contributed by atoms with Gasteiger partial charge in [-0.2, -0.15) is 0 Å². The number of amides is 1. The van der Waals surface area contributed by atoms with Crippen LogP contribution < -0.4 is 10.6 Å². The van der Waals surface area contributed by atoms with Gasteiger partial charge in [0, 0.05) is 23.7 Å². The van der Waals surface area contributed by atoms with Gasteiger partial charge in [-0.05, 0) is 37.1 Å². The van der Waals surface area contributed by atoms with Crippen molar-refractivity contribution in [1.29, 1.82) is 0 Å². The van der Waals surface area contributed by atoms with Gasteiger partial charge >= 0.3 is 0 Å². The monoisotopic (exact) mass is 278 g/mol. The molecule has 104 valence electrons. The Morgan fingerprint density at radius 1 is 1.26 bits per heavy atom. The lowest BCUT2D eigenvalue weighted by Crippen LogP contribution is -2.28. The van der Waals surface area contributed by atoms with E-state index in [4.69, 9.17) is 5.73 Å². The molecule has 0 radical (unpaired) electrons. The molecular formula is C15H22N2OS. The van der Waals surface area contributed by atoms with E-state index in [1.807, 2.05) is 43.1 Å². The van der Waals surface area contributed by atoms with Gasteiger partial charge in [-0.15, -0.1) is 11.8 Å². The summed E-state index contributed by atoms with van der Waals surface area (Å²) in [6.45, 7) is 0. The van der Waals surface area contributed by atoms with Crippen molar-refractivity contribution in [3.8, 4) is 0 Å². The summed E-state index contributed by atoms with van der Waals surface area (Å²) < 4.78 is 0. The smallest absolute Gasteiger partial charge is 0.236 e. The van der Waals surface area contributed by atoms with E-state index in [0.29, 0.717) is 11.0 Å². The second kappa shape index (κ2) is 6.85. The van der Waals surface area contributed by atoms with E-state index in [9.17, 15) is 4.79 Å². The van der Waals surface area contributed by atoms with E-state index >= 15 is 0 Å². The molecule has 1 aliphatic rings. The number of thioether (sulfide) groups is 1. The van der Waals surface area contributed by atoms with Crippen LogP contribution in [0.15, 0.2) is 24.3 Å². The molecule has 19 heavy (non-hydrogen) atoms. The van der Waals surface area contributed by atoms with E-state index in [1.165, 1.54) is 32.1 Å². The van der Waals surface area contributed by atoms with Gasteiger partial charge in [-0.25, -0.2) is 0 Å². The maximum Gasteiger partial charge on any atom is 0.236 e. The minimum absolute atomic E-state index is 0.167. The van der Waals surface area contributed by atoms with Gasteiger partial charge in [0.1, 0.15) is 0 Å². The summed E-state index contributed by atoms with van der Waals surface area (Å²) >= 11 is 1.82. The fourth-order valence-corrected chi connectivity index (χ4v) is 3.60. The maximum absolute atomic E-state index is 12.1. The van der Waals surface area contributed by atoms with Crippen LogP contribution in [0.3, 0.4) is 0 Å². The molecular weight excluding hydrogens is 256 g/mol. The molecule has 1 saturated carbocycles. The average Bonchev–Trinajstić information content (AvgIpc) is 2.46. The van der Waals surface area contributed by atoms with Crippen LogP contribution >= 0.6 is 11.8 Å². The first kappa shape index (κ1) is 14.3. The van der Waals surface area contributed by atoms with Crippen molar-refractivity contribution in [1.82, 2.24) is 0 Å². The number of carbonyl (C=O) groups is 1. The summed E-state index contributed by atoms with van der Waals surface area (Å²) in [6, 6.07) is 7.43. The van der Waals surface area contributed by atoms with Gasteiger partial charge in [-0.1, -0.05) is 19.3 Å². The molecule has 1 aromatic carbocycles. The molecule has 3 nitrogen and oxygen atoms in total. The van der Waals surface area contributed by atoms with Crippen LogP contribution in [-0.2, 0) is 4.79 Å².